The van der Waals surface area contributed by atoms with E-state index in [0.29, 0.717) is 28.4 Å². The van der Waals surface area contributed by atoms with E-state index >= 15 is 8.78 Å². The van der Waals surface area contributed by atoms with E-state index in [1.165, 1.54) is 11.1 Å². The molecule has 0 unspecified atom stereocenters. The summed E-state index contributed by atoms with van der Waals surface area (Å²) < 4.78 is 57.4. The summed E-state index contributed by atoms with van der Waals surface area (Å²) in [5.74, 6) is -0.856. The van der Waals surface area contributed by atoms with Crippen LogP contribution in [0.15, 0.2) is 158 Å². The Labute approximate surface area is 490 Å². The molecule has 11 rings (SSSR count). The first-order chi connectivity index (χ1) is 37.9. The molecule has 1 aliphatic rings. The van der Waals surface area contributed by atoms with E-state index in [1.54, 1.807) is 0 Å². The molecule has 0 amide bonds. The van der Waals surface area contributed by atoms with Gasteiger partial charge < -0.3 is 19.1 Å². The molecule has 0 bridgehead atoms. The van der Waals surface area contributed by atoms with Gasteiger partial charge in [0.1, 0.15) is 23.3 Å². The number of halogens is 3. The largest absolute Gasteiger partial charge is 0.509 e. The first kappa shape index (κ1) is 56.8. The van der Waals surface area contributed by atoms with Crippen molar-refractivity contribution in [2.45, 2.75) is 118 Å². The summed E-state index contributed by atoms with van der Waals surface area (Å²) in [4.78, 5) is 8.98. The summed E-state index contributed by atoms with van der Waals surface area (Å²) in [5, 5.41) is 2.09. The van der Waals surface area contributed by atoms with E-state index in [0.717, 1.165) is 90.1 Å². The standard InChI is InChI=1S/C72H68F3N4O.Pt/c1-43(2)46-30-47(44(3)4)32-49(31-46)59-35-52(72(11,12)13)36-60(68-61(74)38-53(73)39-62(68)75)69(59)78-42-77(64-20-16-17-21-65(64)78)54-33-48(45-22-24-50(25-23-45)70(5,6)7)34-56(40-54)80-55-26-27-58-57-18-14-15-19-63(57)79(66(58)41-55)67-37-51(28-29-76-67)71(8,9)10;/h14-39,42-44H,1-13H3;/q-3;. The molecular formula is C72H68F3N4OPt-3. The third-order valence-electron chi connectivity index (χ3n) is 15.5. The van der Waals surface area contributed by atoms with E-state index in [1.807, 2.05) is 66.3 Å². The van der Waals surface area contributed by atoms with Crippen LogP contribution in [0.1, 0.15) is 130 Å². The molecule has 416 valence electrons. The maximum absolute atomic E-state index is 16.7. The molecule has 9 heteroatoms. The Hall–Kier alpha value is -7.41. The minimum Gasteiger partial charge on any atom is -0.509 e. The first-order valence-electron chi connectivity index (χ1n) is 27.7. The van der Waals surface area contributed by atoms with Gasteiger partial charge in [-0.15, -0.1) is 53.6 Å². The van der Waals surface area contributed by atoms with Gasteiger partial charge in [0, 0.05) is 84.6 Å². The van der Waals surface area contributed by atoms with Crippen molar-refractivity contribution in [3.63, 3.8) is 0 Å². The summed E-state index contributed by atoms with van der Waals surface area (Å²) in [7, 11) is 0. The van der Waals surface area contributed by atoms with Crippen LogP contribution in [0.2, 0.25) is 0 Å². The molecule has 0 fully saturated rings. The molecular weight excluding hydrogens is 1190 g/mol. The summed E-state index contributed by atoms with van der Waals surface area (Å²) in [6, 6.07) is 56.9. The molecule has 0 saturated heterocycles. The fourth-order valence-electron chi connectivity index (χ4n) is 10.9. The van der Waals surface area contributed by atoms with Gasteiger partial charge in [0.25, 0.3) is 0 Å². The number of fused-ring (bicyclic) bond motifs is 4. The predicted molar refractivity (Wildman–Crippen MR) is 325 cm³/mol. The molecule has 0 radical (unpaired) electrons. The van der Waals surface area contributed by atoms with Crippen molar-refractivity contribution >= 4 is 44.6 Å². The molecule has 3 heterocycles. The van der Waals surface area contributed by atoms with Crippen molar-refractivity contribution in [2.24, 2.45) is 0 Å². The molecule has 81 heavy (non-hydrogen) atoms. The zero-order chi connectivity index (χ0) is 56.7. The second-order valence-corrected chi connectivity index (χ2v) is 25.1. The molecule has 2 aromatic heterocycles. The average molecular weight is 1260 g/mol. The number of hydrogen-bond donors (Lipinski definition) is 0. The summed E-state index contributed by atoms with van der Waals surface area (Å²) in [6.45, 7) is 30.2. The Bertz CT molecular complexity index is 3980. The number of ether oxygens (including phenoxy) is 1. The topological polar surface area (TPSA) is 33.5 Å². The van der Waals surface area contributed by atoms with Crippen molar-refractivity contribution in [1.29, 1.82) is 0 Å². The maximum Gasteiger partial charge on any atom is 0.136 e. The first-order valence-corrected chi connectivity index (χ1v) is 27.7. The zero-order valence-corrected chi connectivity index (χ0v) is 50.7. The molecule has 8 aromatic carbocycles. The number of anilines is 4. The van der Waals surface area contributed by atoms with Gasteiger partial charge in [-0.2, -0.15) is 6.07 Å². The molecule has 0 atom stereocenters. The third kappa shape index (κ3) is 11.0. The second kappa shape index (κ2) is 21.5. The van der Waals surface area contributed by atoms with E-state index < -0.39 is 22.9 Å². The number of rotatable bonds is 10. The monoisotopic (exact) mass is 1260 g/mol. The van der Waals surface area contributed by atoms with Gasteiger partial charge in [-0.05, 0) is 115 Å². The van der Waals surface area contributed by atoms with Crippen LogP contribution >= 0.6 is 0 Å². The van der Waals surface area contributed by atoms with Crippen molar-refractivity contribution in [1.82, 2.24) is 9.55 Å². The molecule has 1 aliphatic heterocycles. The number of hydrogen-bond acceptors (Lipinski definition) is 4. The smallest absolute Gasteiger partial charge is 0.136 e. The minimum atomic E-state index is -0.991. The number of nitrogens with zero attached hydrogens (tertiary/aromatic N) is 4. The summed E-state index contributed by atoms with van der Waals surface area (Å²) in [6.07, 6.45) is 1.87. The van der Waals surface area contributed by atoms with E-state index in [2.05, 4.69) is 203 Å². The van der Waals surface area contributed by atoms with E-state index in [9.17, 15) is 4.39 Å². The van der Waals surface area contributed by atoms with Gasteiger partial charge in [-0.3, -0.25) is 0 Å². The van der Waals surface area contributed by atoms with Crippen LogP contribution in [0, 0.1) is 36.3 Å². The van der Waals surface area contributed by atoms with Crippen molar-refractivity contribution < 1.29 is 39.0 Å². The predicted octanol–water partition coefficient (Wildman–Crippen LogP) is 20.5. The molecule has 0 aliphatic carbocycles. The Kier molecular flexibility index (Phi) is 15.1. The van der Waals surface area contributed by atoms with Crippen molar-refractivity contribution in [2.75, 3.05) is 9.80 Å². The van der Waals surface area contributed by atoms with Gasteiger partial charge >= 0.3 is 0 Å². The summed E-state index contributed by atoms with van der Waals surface area (Å²) >= 11 is 0. The zero-order valence-electron chi connectivity index (χ0n) is 48.4. The second-order valence-electron chi connectivity index (χ2n) is 25.1. The van der Waals surface area contributed by atoms with Crippen LogP contribution in [0.4, 0.5) is 35.9 Å². The average Bonchev–Trinajstić information content (AvgIpc) is 4.18. The normalized spacial score (nSPS) is 13.0. The minimum absolute atomic E-state index is 0. The summed E-state index contributed by atoms with van der Waals surface area (Å²) in [5.41, 5.74) is 13.0. The molecule has 0 N–H and O–H groups in total. The van der Waals surface area contributed by atoms with Crippen molar-refractivity contribution in [3.8, 4) is 50.7 Å². The van der Waals surface area contributed by atoms with E-state index in [-0.39, 0.29) is 49.3 Å². The van der Waals surface area contributed by atoms with Gasteiger partial charge in [-0.1, -0.05) is 168 Å². The van der Waals surface area contributed by atoms with Crippen LogP contribution in [-0.4, -0.2) is 9.55 Å². The quantitative estimate of drug-likeness (QED) is 0.128. The number of para-hydroxylation sites is 3. The van der Waals surface area contributed by atoms with Gasteiger partial charge in [-0.25, -0.2) is 18.2 Å². The molecule has 10 aromatic rings. The molecule has 0 saturated carbocycles. The van der Waals surface area contributed by atoms with Gasteiger partial charge in [0.15, 0.2) is 0 Å². The maximum atomic E-state index is 16.7. The Morgan fingerprint density at radius 1 is 0.519 bits per heavy atom. The van der Waals surface area contributed by atoms with Crippen LogP contribution in [0.5, 0.6) is 11.5 Å². The van der Waals surface area contributed by atoms with Crippen molar-refractivity contribution in [3.05, 3.63) is 222 Å². The number of benzene rings is 8. The molecule has 0 spiro atoms. The fourth-order valence-corrected chi connectivity index (χ4v) is 10.9. The van der Waals surface area contributed by atoms with Crippen LogP contribution in [0.25, 0.3) is 61.0 Å². The fraction of sp³-hybridized carbons (Fsp3) is 0.250. The number of pyridine rings is 1. The van der Waals surface area contributed by atoms with Gasteiger partial charge in [0.2, 0.25) is 0 Å². The third-order valence-corrected chi connectivity index (χ3v) is 15.5. The van der Waals surface area contributed by atoms with Gasteiger partial charge in [0.05, 0.1) is 5.56 Å². The van der Waals surface area contributed by atoms with Crippen LogP contribution in [-0.2, 0) is 37.3 Å². The number of aromatic nitrogens is 2. The Morgan fingerprint density at radius 3 is 1.75 bits per heavy atom. The van der Waals surface area contributed by atoms with Crippen LogP contribution in [0.3, 0.4) is 0 Å². The Morgan fingerprint density at radius 2 is 1.12 bits per heavy atom. The Balaban J connectivity index is 0.00000736. The van der Waals surface area contributed by atoms with E-state index in [4.69, 9.17) is 9.72 Å². The van der Waals surface area contributed by atoms with Crippen LogP contribution < -0.4 is 14.5 Å². The SMILES string of the molecule is CC(C)c1cc(-c2cc(C(C)(C)C)cc(-c3c(F)cc(F)cc3F)c2N2[CH-]N(c3[c-]c(Oc4[c-]c5c(cc4)c4ccccc4n5-c4cc(C(C)(C)C)ccn4)cc(-c4ccc(C(C)(C)C)cc4)c3)c3ccccc32)cc(C(C)C)c1.[Pt]. The molecule has 5 nitrogen and oxygen atoms in total.